The van der Waals surface area contributed by atoms with Crippen molar-refractivity contribution >= 4 is 39.1 Å². The van der Waals surface area contributed by atoms with Crippen molar-refractivity contribution in [3.05, 3.63) is 58.6 Å². The molecular formula is C24H25FN6OS. The van der Waals surface area contributed by atoms with E-state index in [2.05, 4.69) is 39.1 Å². The first-order chi connectivity index (χ1) is 15.9. The lowest BCUT2D eigenvalue weighted by atomic mass is 9.95. The highest BCUT2D eigenvalue weighted by molar-refractivity contribution is 7.18. The highest BCUT2D eigenvalue weighted by Crippen LogP contribution is 2.35. The van der Waals surface area contributed by atoms with Crippen LogP contribution in [0.5, 0.6) is 0 Å². The molecule has 0 spiro atoms. The molecule has 1 aliphatic rings. The quantitative estimate of drug-likeness (QED) is 0.470. The number of nitrogens with one attached hydrogen (secondary N) is 1. The van der Waals surface area contributed by atoms with E-state index in [-0.39, 0.29) is 17.6 Å². The van der Waals surface area contributed by atoms with Crippen LogP contribution in [-0.4, -0.2) is 38.7 Å². The molecular weight excluding hydrogens is 439 g/mol. The second-order valence-electron chi connectivity index (χ2n) is 8.47. The number of fused-ring (bicyclic) bond motifs is 1. The Hall–Kier alpha value is -3.33. The van der Waals surface area contributed by atoms with Crippen molar-refractivity contribution < 1.29 is 9.18 Å². The third-order valence-electron chi connectivity index (χ3n) is 6.26. The van der Waals surface area contributed by atoms with E-state index in [9.17, 15) is 9.18 Å². The van der Waals surface area contributed by atoms with Gasteiger partial charge in [-0.1, -0.05) is 0 Å². The van der Waals surface area contributed by atoms with E-state index in [1.54, 1.807) is 34.5 Å². The zero-order valence-electron chi connectivity index (χ0n) is 18.8. The summed E-state index contributed by atoms with van der Waals surface area (Å²) >= 11 is 1.69. The maximum atomic E-state index is 13.3. The molecule has 7 nitrogen and oxygen atoms in total. The molecule has 0 radical (unpaired) electrons. The molecule has 170 valence electrons. The fourth-order valence-electron chi connectivity index (χ4n) is 4.35. The molecule has 33 heavy (non-hydrogen) atoms. The zero-order valence-corrected chi connectivity index (χ0v) is 19.6. The average Bonchev–Trinajstić information content (AvgIpc) is 3.32. The number of benzene rings is 1. The smallest absolute Gasteiger partial charge is 0.228 e. The van der Waals surface area contributed by atoms with Gasteiger partial charge < -0.3 is 10.2 Å². The molecule has 1 aromatic carbocycles. The Morgan fingerprint density at radius 1 is 1.12 bits per heavy atom. The number of thiophene rings is 1. The molecule has 5 rings (SSSR count). The van der Waals surface area contributed by atoms with Gasteiger partial charge in [0.25, 0.3) is 0 Å². The minimum Gasteiger partial charge on any atom is -0.356 e. The molecule has 1 fully saturated rings. The number of carbonyl (C=O) groups excluding carboxylic acids is 1. The van der Waals surface area contributed by atoms with E-state index in [1.807, 2.05) is 13.0 Å². The van der Waals surface area contributed by atoms with Crippen molar-refractivity contribution in [2.45, 2.75) is 33.6 Å². The minimum absolute atomic E-state index is 0.0201. The van der Waals surface area contributed by atoms with Crippen molar-refractivity contribution in [3.8, 4) is 5.69 Å². The Morgan fingerprint density at radius 3 is 2.58 bits per heavy atom. The summed E-state index contributed by atoms with van der Waals surface area (Å²) in [7, 11) is 0. The number of nitrogens with zero attached hydrogens (tertiary/aromatic N) is 5. The number of rotatable bonds is 4. The summed E-state index contributed by atoms with van der Waals surface area (Å²) in [5.41, 5.74) is 2.71. The predicted octanol–water partition coefficient (Wildman–Crippen LogP) is 4.80. The number of halogens is 1. The van der Waals surface area contributed by atoms with E-state index >= 15 is 0 Å². The Bertz CT molecular complexity index is 1320. The number of hydrogen-bond donors (Lipinski definition) is 1. The summed E-state index contributed by atoms with van der Waals surface area (Å²) in [5.74, 6) is 1.13. The number of aryl methyl sites for hydroxylation is 3. The van der Waals surface area contributed by atoms with Crippen LogP contribution in [0.1, 0.15) is 29.0 Å². The number of hydrogen-bond acceptors (Lipinski definition) is 6. The van der Waals surface area contributed by atoms with Crippen LogP contribution < -0.4 is 10.2 Å². The minimum atomic E-state index is -0.311. The molecule has 0 atom stereocenters. The summed E-state index contributed by atoms with van der Waals surface area (Å²) in [5, 5.41) is 8.62. The van der Waals surface area contributed by atoms with E-state index in [0.717, 1.165) is 47.7 Å². The monoisotopic (exact) mass is 464 g/mol. The number of aromatic nitrogens is 4. The van der Waals surface area contributed by atoms with Crippen LogP contribution in [0.4, 0.5) is 16.0 Å². The van der Waals surface area contributed by atoms with Gasteiger partial charge >= 0.3 is 0 Å². The van der Waals surface area contributed by atoms with Crippen LogP contribution in [0.2, 0.25) is 0 Å². The van der Waals surface area contributed by atoms with Crippen LogP contribution in [0.25, 0.3) is 15.9 Å². The third-order valence-corrected chi connectivity index (χ3v) is 7.38. The van der Waals surface area contributed by atoms with Crippen molar-refractivity contribution in [2.75, 3.05) is 23.3 Å². The fourth-order valence-corrected chi connectivity index (χ4v) is 5.34. The number of anilines is 2. The highest BCUT2D eigenvalue weighted by atomic mass is 32.1. The summed E-state index contributed by atoms with van der Waals surface area (Å²) in [6.45, 7) is 7.61. The molecule has 0 unspecified atom stereocenters. The van der Waals surface area contributed by atoms with E-state index in [0.29, 0.717) is 11.5 Å². The molecule has 1 aliphatic heterocycles. The molecule has 1 N–H and O–H groups in total. The number of carbonyl (C=O) groups is 1. The van der Waals surface area contributed by atoms with Crippen molar-refractivity contribution in [1.82, 2.24) is 19.7 Å². The highest BCUT2D eigenvalue weighted by Gasteiger charge is 2.28. The largest absolute Gasteiger partial charge is 0.356 e. The van der Waals surface area contributed by atoms with Crippen molar-refractivity contribution in [1.29, 1.82) is 0 Å². The van der Waals surface area contributed by atoms with Crippen molar-refractivity contribution in [3.63, 3.8) is 0 Å². The molecule has 1 amide bonds. The van der Waals surface area contributed by atoms with Gasteiger partial charge in [0.1, 0.15) is 28.6 Å². The molecule has 4 heterocycles. The SMILES string of the molecule is Cc1cc(NC(=O)C2CCN(c3ncnc4sc(C)c(C)c34)CC2)n(-c2ccc(F)cc2)n1. The number of amides is 1. The van der Waals surface area contributed by atoms with Gasteiger partial charge in [-0.25, -0.2) is 19.0 Å². The molecule has 0 bridgehead atoms. The molecule has 4 aromatic rings. The first kappa shape index (κ1) is 21.5. The average molecular weight is 465 g/mol. The second-order valence-corrected chi connectivity index (χ2v) is 9.67. The molecule has 1 saturated heterocycles. The predicted molar refractivity (Wildman–Crippen MR) is 129 cm³/mol. The summed E-state index contributed by atoms with van der Waals surface area (Å²) in [6.07, 6.45) is 3.11. The topological polar surface area (TPSA) is 75.9 Å². The van der Waals surface area contributed by atoms with Crippen molar-refractivity contribution in [2.24, 2.45) is 5.92 Å². The van der Waals surface area contributed by atoms with Gasteiger partial charge in [0.05, 0.1) is 16.8 Å². The first-order valence-corrected chi connectivity index (χ1v) is 11.8. The Kier molecular flexibility index (Phi) is 5.57. The Balaban J connectivity index is 1.29. The standard InChI is InChI=1S/C24H25FN6OS/c1-14-12-20(31(29-14)19-6-4-18(25)5-7-19)28-23(32)17-8-10-30(11-9-17)22-21-15(2)16(3)33-24(21)27-13-26-22/h4-7,12-13,17H,8-11H2,1-3H3,(H,28,32). The van der Waals surface area contributed by atoms with Crippen LogP contribution in [0.15, 0.2) is 36.7 Å². The van der Waals surface area contributed by atoms with Gasteiger partial charge in [-0.05, 0) is 63.4 Å². The van der Waals surface area contributed by atoms with Crippen LogP contribution in [0.3, 0.4) is 0 Å². The summed E-state index contributed by atoms with van der Waals surface area (Å²) in [4.78, 5) is 26.6. The van der Waals surface area contributed by atoms with E-state index in [4.69, 9.17) is 0 Å². The summed E-state index contributed by atoms with van der Waals surface area (Å²) < 4.78 is 15.0. The number of piperidine rings is 1. The Labute approximate surface area is 195 Å². The lowest BCUT2D eigenvalue weighted by molar-refractivity contribution is -0.120. The van der Waals surface area contributed by atoms with Gasteiger partial charge in [0.2, 0.25) is 5.91 Å². The normalized spacial score (nSPS) is 14.7. The van der Waals surface area contributed by atoms with Crippen LogP contribution >= 0.6 is 11.3 Å². The lowest BCUT2D eigenvalue weighted by Gasteiger charge is -2.32. The lowest BCUT2D eigenvalue weighted by Crippen LogP contribution is -2.38. The maximum Gasteiger partial charge on any atom is 0.228 e. The third kappa shape index (κ3) is 4.08. The van der Waals surface area contributed by atoms with Gasteiger partial charge in [0.15, 0.2) is 0 Å². The van der Waals surface area contributed by atoms with Crippen LogP contribution in [0, 0.1) is 32.5 Å². The fraction of sp³-hybridized carbons (Fsp3) is 0.333. The van der Waals surface area contributed by atoms with Gasteiger partial charge in [0, 0.05) is 30.0 Å². The van der Waals surface area contributed by atoms with Gasteiger partial charge in [-0.15, -0.1) is 11.3 Å². The van der Waals surface area contributed by atoms with E-state index < -0.39 is 0 Å². The summed E-state index contributed by atoms with van der Waals surface area (Å²) in [6, 6.07) is 7.89. The second kappa shape index (κ2) is 8.55. The van der Waals surface area contributed by atoms with E-state index in [1.165, 1.54) is 22.6 Å². The first-order valence-electron chi connectivity index (χ1n) is 11.0. The molecule has 9 heteroatoms. The molecule has 3 aromatic heterocycles. The van der Waals surface area contributed by atoms with Crippen LogP contribution in [-0.2, 0) is 4.79 Å². The maximum absolute atomic E-state index is 13.3. The molecule has 0 saturated carbocycles. The Morgan fingerprint density at radius 2 is 1.85 bits per heavy atom. The molecule has 0 aliphatic carbocycles. The van der Waals surface area contributed by atoms with Gasteiger partial charge in [-0.3, -0.25) is 4.79 Å². The zero-order chi connectivity index (χ0) is 23.1. The van der Waals surface area contributed by atoms with Gasteiger partial charge in [-0.2, -0.15) is 5.10 Å².